The van der Waals surface area contributed by atoms with E-state index in [9.17, 15) is 4.79 Å². The third-order valence-electron chi connectivity index (χ3n) is 3.01. The Hall–Kier alpha value is -1.81. The zero-order valence-corrected chi connectivity index (χ0v) is 12.0. The predicted octanol–water partition coefficient (Wildman–Crippen LogP) is 2.90. The summed E-state index contributed by atoms with van der Waals surface area (Å²) in [6.45, 7) is 0.510. The van der Waals surface area contributed by atoms with Gasteiger partial charge in [-0.15, -0.1) is 11.6 Å². The number of rotatable bonds is 7. The molecule has 0 unspecified atom stereocenters. The molecule has 1 N–H and O–H groups in total. The van der Waals surface area contributed by atoms with Crippen LogP contribution in [0.3, 0.4) is 0 Å². The van der Waals surface area contributed by atoms with E-state index in [-0.39, 0.29) is 5.91 Å². The number of carbonyl (C=O) groups excluding carboxylic acids is 1. The van der Waals surface area contributed by atoms with Crippen molar-refractivity contribution in [1.29, 1.82) is 0 Å². The molecule has 0 saturated carbocycles. The minimum atomic E-state index is 0.0605. The van der Waals surface area contributed by atoms with Crippen LogP contribution in [-0.4, -0.2) is 21.6 Å². The molecule has 2 rings (SSSR count). The van der Waals surface area contributed by atoms with E-state index in [4.69, 9.17) is 11.6 Å². The highest BCUT2D eigenvalue weighted by Crippen LogP contribution is 2.13. The third-order valence-corrected chi connectivity index (χ3v) is 3.27. The van der Waals surface area contributed by atoms with Crippen LogP contribution in [0, 0.1) is 0 Å². The summed E-state index contributed by atoms with van der Waals surface area (Å²) in [5.41, 5.74) is 2.03. The Kier molecular flexibility index (Phi) is 5.62. The Morgan fingerprint density at radius 1 is 1.25 bits per heavy atom. The number of halogens is 1. The predicted molar refractivity (Wildman–Crippen MR) is 80.0 cm³/mol. The summed E-state index contributed by atoms with van der Waals surface area (Å²) in [6.07, 6.45) is 5.86. The molecule has 20 heavy (non-hydrogen) atoms. The number of para-hydroxylation sites is 1. The molecule has 0 bridgehead atoms. The Labute approximate surface area is 123 Å². The van der Waals surface area contributed by atoms with Gasteiger partial charge in [-0.05, 0) is 30.5 Å². The van der Waals surface area contributed by atoms with Crippen LogP contribution in [0.5, 0.6) is 0 Å². The summed E-state index contributed by atoms with van der Waals surface area (Å²) < 4.78 is 1.80. The van der Waals surface area contributed by atoms with E-state index in [0.29, 0.717) is 18.8 Å². The SMILES string of the molecule is O=C(CCCCCl)NCc1ccccc1-n1cccn1. The van der Waals surface area contributed by atoms with Crippen LogP contribution >= 0.6 is 11.6 Å². The summed E-state index contributed by atoms with van der Waals surface area (Å²) in [5, 5.41) is 7.16. The molecule has 1 heterocycles. The van der Waals surface area contributed by atoms with Gasteiger partial charge < -0.3 is 5.32 Å². The summed E-state index contributed by atoms with van der Waals surface area (Å²) in [4.78, 5) is 11.7. The third kappa shape index (κ3) is 4.10. The van der Waals surface area contributed by atoms with Gasteiger partial charge in [-0.3, -0.25) is 4.79 Å². The fraction of sp³-hybridized carbons (Fsp3) is 0.333. The number of aromatic nitrogens is 2. The van der Waals surface area contributed by atoms with Crippen molar-refractivity contribution in [3.63, 3.8) is 0 Å². The number of nitrogens with zero attached hydrogens (tertiary/aromatic N) is 2. The van der Waals surface area contributed by atoms with Gasteiger partial charge in [-0.2, -0.15) is 5.10 Å². The maximum absolute atomic E-state index is 11.7. The van der Waals surface area contributed by atoms with Crippen molar-refractivity contribution in [3.8, 4) is 5.69 Å². The second kappa shape index (κ2) is 7.70. The molecule has 2 aromatic rings. The summed E-state index contributed by atoms with van der Waals surface area (Å²) in [6, 6.07) is 9.78. The summed E-state index contributed by atoms with van der Waals surface area (Å²) >= 11 is 5.59. The Balaban J connectivity index is 1.95. The van der Waals surface area contributed by atoms with Gasteiger partial charge in [0.15, 0.2) is 0 Å². The van der Waals surface area contributed by atoms with Crippen LogP contribution in [0.2, 0.25) is 0 Å². The molecule has 1 amide bonds. The van der Waals surface area contributed by atoms with E-state index in [1.54, 1.807) is 10.9 Å². The minimum Gasteiger partial charge on any atom is -0.352 e. The number of amides is 1. The largest absolute Gasteiger partial charge is 0.352 e. The average Bonchev–Trinajstić information content (AvgIpc) is 3.00. The van der Waals surface area contributed by atoms with E-state index in [1.807, 2.05) is 36.5 Å². The average molecular weight is 292 g/mol. The van der Waals surface area contributed by atoms with Crippen molar-refractivity contribution in [2.75, 3.05) is 5.88 Å². The molecule has 5 heteroatoms. The molecule has 0 aliphatic carbocycles. The number of hydrogen-bond acceptors (Lipinski definition) is 2. The van der Waals surface area contributed by atoms with Gasteiger partial charge in [-0.25, -0.2) is 4.68 Å². The summed E-state index contributed by atoms with van der Waals surface area (Å²) in [7, 11) is 0. The van der Waals surface area contributed by atoms with E-state index in [2.05, 4.69) is 10.4 Å². The Morgan fingerprint density at radius 2 is 2.10 bits per heavy atom. The van der Waals surface area contributed by atoms with Crippen molar-refractivity contribution < 1.29 is 4.79 Å². The van der Waals surface area contributed by atoms with Crippen LogP contribution in [-0.2, 0) is 11.3 Å². The zero-order valence-electron chi connectivity index (χ0n) is 11.3. The molecule has 0 aliphatic heterocycles. The molecule has 106 valence electrons. The quantitative estimate of drug-likeness (QED) is 0.630. The van der Waals surface area contributed by atoms with Crippen molar-refractivity contribution in [1.82, 2.24) is 15.1 Å². The van der Waals surface area contributed by atoms with Crippen LogP contribution in [0.15, 0.2) is 42.7 Å². The highest BCUT2D eigenvalue weighted by molar-refractivity contribution is 6.17. The number of benzene rings is 1. The van der Waals surface area contributed by atoms with E-state index >= 15 is 0 Å². The number of unbranched alkanes of at least 4 members (excludes halogenated alkanes) is 1. The minimum absolute atomic E-state index is 0.0605. The number of carbonyl (C=O) groups is 1. The van der Waals surface area contributed by atoms with Gasteiger partial charge in [0.1, 0.15) is 0 Å². The van der Waals surface area contributed by atoms with E-state index in [0.717, 1.165) is 24.1 Å². The molecule has 1 aromatic heterocycles. The first kappa shape index (κ1) is 14.6. The summed E-state index contributed by atoms with van der Waals surface area (Å²) in [5.74, 6) is 0.667. The molecule has 0 saturated heterocycles. The van der Waals surface area contributed by atoms with E-state index in [1.165, 1.54) is 0 Å². The highest BCUT2D eigenvalue weighted by Gasteiger charge is 2.06. The Morgan fingerprint density at radius 3 is 2.85 bits per heavy atom. The molecule has 0 atom stereocenters. The first-order valence-corrected chi connectivity index (χ1v) is 7.25. The molecule has 0 fully saturated rings. The van der Waals surface area contributed by atoms with Gasteiger partial charge in [0.2, 0.25) is 5.91 Å². The lowest BCUT2D eigenvalue weighted by molar-refractivity contribution is -0.121. The van der Waals surface area contributed by atoms with Gasteiger partial charge in [0.05, 0.1) is 5.69 Å². The van der Waals surface area contributed by atoms with Crippen LogP contribution < -0.4 is 5.32 Å². The van der Waals surface area contributed by atoms with Gasteiger partial charge in [0.25, 0.3) is 0 Å². The van der Waals surface area contributed by atoms with Crippen LogP contribution in [0.4, 0.5) is 0 Å². The van der Waals surface area contributed by atoms with Gasteiger partial charge in [-0.1, -0.05) is 18.2 Å². The molecule has 0 aliphatic rings. The smallest absolute Gasteiger partial charge is 0.220 e. The second-order valence-electron chi connectivity index (χ2n) is 4.50. The fourth-order valence-corrected chi connectivity index (χ4v) is 2.15. The van der Waals surface area contributed by atoms with E-state index < -0.39 is 0 Å². The first-order valence-electron chi connectivity index (χ1n) is 6.72. The highest BCUT2D eigenvalue weighted by atomic mass is 35.5. The lowest BCUT2D eigenvalue weighted by Gasteiger charge is -2.10. The van der Waals surface area contributed by atoms with Crippen molar-refractivity contribution in [3.05, 3.63) is 48.3 Å². The zero-order chi connectivity index (χ0) is 14.2. The van der Waals surface area contributed by atoms with Gasteiger partial charge >= 0.3 is 0 Å². The lowest BCUT2D eigenvalue weighted by Crippen LogP contribution is -2.23. The molecule has 1 aromatic carbocycles. The standard InChI is InChI=1S/C15H18ClN3O/c16-9-4-3-8-15(20)17-12-13-6-1-2-7-14(13)19-11-5-10-18-19/h1-2,5-7,10-11H,3-4,8-9,12H2,(H,17,20). The normalized spacial score (nSPS) is 10.4. The number of alkyl halides is 1. The second-order valence-corrected chi connectivity index (χ2v) is 4.88. The van der Waals surface area contributed by atoms with Gasteiger partial charge in [0, 0.05) is 31.2 Å². The lowest BCUT2D eigenvalue weighted by atomic mass is 10.1. The topological polar surface area (TPSA) is 46.9 Å². The maximum Gasteiger partial charge on any atom is 0.220 e. The first-order chi connectivity index (χ1) is 9.81. The molecular weight excluding hydrogens is 274 g/mol. The molecule has 0 radical (unpaired) electrons. The molecular formula is C15H18ClN3O. The molecule has 0 spiro atoms. The van der Waals surface area contributed by atoms with Crippen molar-refractivity contribution in [2.24, 2.45) is 0 Å². The number of nitrogens with one attached hydrogen (secondary N) is 1. The van der Waals surface area contributed by atoms with Crippen LogP contribution in [0.25, 0.3) is 5.69 Å². The molecule has 4 nitrogen and oxygen atoms in total. The fourth-order valence-electron chi connectivity index (χ4n) is 1.96. The van der Waals surface area contributed by atoms with Crippen LogP contribution in [0.1, 0.15) is 24.8 Å². The monoisotopic (exact) mass is 291 g/mol. The maximum atomic E-state index is 11.7. The van der Waals surface area contributed by atoms with Crippen molar-refractivity contribution in [2.45, 2.75) is 25.8 Å². The number of hydrogen-bond donors (Lipinski definition) is 1. The Bertz CT molecular complexity index is 540. The van der Waals surface area contributed by atoms with Crippen molar-refractivity contribution >= 4 is 17.5 Å².